The molecule has 0 aliphatic rings. The first kappa shape index (κ1) is 17.2. The maximum Gasteiger partial charge on any atom is 0.160 e. The molecule has 0 fully saturated rings. The molecule has 6 heteroatoms. The topological polar surface area (TPSA) is 55.6 Å². The van der Waals surface area contributed by atoms with Crippen molar-refractivity contribution in [2.45, 2.75) is 13.3 Å². The van der Waals surface area contributed by atoms with Gasteiger partial charge in [0.2, 0.25) is 0 Å². The molecule has 0 saturated carbocycles. The summed E-state index contributed by atoms with van der Waals surface area (Å²) in [7, 11) is 1.94. The summed E-state index contributed by atoms with van der Waals surface area (Å²) in [6, 6.07) is 14.2. The van der Waals surface area contributed by atoms with Gasteiger partial charge in [-0.2, -0.15) is 5.10 Å². The average molecular weight is 354 g/mol. The molecule has 0 radical (unpaired) electrons. The maximum atomic E-state index is 4.77. The van der Waals surface area contributed by atoms with Gasteiger partial charge in [-0.25, -0.2) is 4.98 Å². The summed E-state index contributed by atoms with van der Waals surface area (Å²) in [5, 5.41) is 10.4. The summed E-state index contributed by atoms with van der Waals surface area (Å²) in [6.07, 6.45) is 2.71. The second-order valence-electron chi connectivity index (χ2n) is 5.91. The minimum atomic E-state index is 0. The van der Waals surface area contributed by atoms with Gasteiger partial charge < -0.3 is 5.32 Å². The minimum Gasteiger partial charge on any atom is -0.383 e. The Labute approximate surface area is 152 Å². The van der Waals surface area contributed by atoms with Crippen LogP contribution in [0.5, 0.6) is 0 Å². The van der Waals surface area contributed by atoms with Crippen molar-refractivity contribution in [1.29, 1.82) is 0 Å². The number of halogens is 1. The molecule has 25 heavy (non-hydrogen) atoms. The zero-order valence-electron chi connectivity index (χ0n) is 14.2. The van der Waals surface area contributed by atoms with Crippen LogP contribution in [0.2, 0.25) is 0 Å². The molecule has 0 unspecified atom stereocenters. The number of nitrogens with zero attached hydrogens (tertiary/aromatic N) is 4. The van der Waals surface area contributed by atoms with Crippen LogP contribution in [0.1, 0.15) is 11.4 Å². The highest BCUT2D eigenvalue weighted by atomic mass is 35.5. The van der Waals surface area contributed by atoms with Gasteiger partial charge in [-0.05, 0) is 25.1 Å². The number of nitrogens with one attached hydrogen (secondary N) is 1. The Hall–Kier alpha value is -2.66. The van der Waals surface area contributed by atoms with Crippen LogP contribution in [0.15, 0.2) is 48.7 Å². The number of pyridine rings is 2. The third-order valence-corrected chi connectivity index (χ3v) is 4.25. The predicted molar refractivity (Wildman–Crippen MR) is 104 cm³/mol. The van der Waals surface area contributed by atoms with Gasteiger partial charge in [0.25, 0.3) is 0 Å². The number of aryl methyl sites for hydroxylation is 2. The van der Waals surface area contributed by atoms with E-state index in [0.717, 1.165) is 52.0 Å². The van der Waals surface area contributed by atoms with Crippen molar-refractivity contribution in [3.05, 3.63) is 60.0 Å². The second kappa shape index (κ2) is 7.07. The molecule has 0 spiro atoms. The van der Waals surface area contributed by atoms with E-state index in [9.17, 15) is 0 Å². The summed E-state index contributed by atoms with van der Waals surface area (Å²) in [5.41, 5.74) is 5.07. The maximum absolute atomic E-state index is 4.77. The van der Waals surface area contributed by atoms with Crippen molar-refractivity contribution in [3.63, 3.8) is 0 Å². The molecule has 128 valence electrons. The van der Waals surface area contributed by atoms with E-state index in [2.05, 4.69) is 27.5 Å². The number of rotatable bonds is 4. The van der Waals surface area contributed by atoms with E-state index in [4.69, 9.17) is 4.98 Å². The number of hydrogen-bond donors (Lipinski definition) is 1. The molecule has 1 aromatic carbocycles. The zero-order valence-corrected chi connectivity index (χ0v) is 15.0. The molecule has 5 nitrogen and oxygen atoms in total. The molecule has 1 N–H and O–H groups in total. The molecule has 0 aliphatic heterocycles. The van der Waals surface area contributed by atoms with E-state index in [1.165, 1.54) is 0 Å². The van der Waals surface area contributed by atoms with Gasteiger partial charge >= 0.3 is 0 Å². The van der Waals surface area contributed by atoms with E-state index < -0.39 is 0 Å². The third kappa shape index (κ3) is 3.15. The Morgan fingerprint density at radius 2 is 1.88 bits per heavy atom. The number of para-hydroxylation sites is 1. The number of hydrogen-bond acceptors (Lipinski definition) is 4. The van der Waals surface area contributed by atoms with E-state index in [-0.39, 0.29) is 12.4 Å². The first-order valence-corrected chi connectivity index (χ1v) is 8.10. The van der Waals surface area contributed by atoms with Crippen LogP contribution in [0.3, 0.4) is 0 Å². The highest BCUT2D eigenvalue weighted by Gasteiger charge is 2.15. The normalized spacial score (nSPS) is 10.8. The van der Waals surface area contributed by atoms with Gasteiger partial charge in [-0.3, -0.25) is 9.67 Å². The van der Waals surface area contributed by atoms with Crippen LogP contribution in [0.25, 0.3) is 21.9 Å². The van der Waals surface area contributed by atoms with Crippen molar-refractivity contribution in [2.75, 3.05) is 11.9 Å². The molecule has 4 rings (SSSR count). The quantitative estimate of drug-likeness (QED) is 0.604. The van der Waals surface area contributed by atoms with Gasteiger partial charge in [-0.15, -0.1) is 12.4 Å². The molecule has 0 aliphatic carbocycles. The van der Waals surface area contributed by atoms with Crippen LogP contribution < -0.4 is 5.32 Å². The van der Waals surface area contributed by atoms with Crippen molar-refractivity contribution < 1.29 is 0 Å². The Balaban J connectivity index is 0.00000182. The van der Waals surface area contributed by atoms with Crippen molar-refractivity contribution in [2.24, 2.45) is 7.05 Å². The summed E-state index contributed by atoms with van der Waals surface area (Å²) in [5.74, 6) is 0. The molecule has 4 aromatic rings. The largest absolute Gasteiger partial charge is 0.383 e. The SMILES string of the molecule is Cc1nn(C)c2nc3ccccc3c(NCCc3ccccn3)c12.Cl. The number of anilines is 1. The number of fused-ring (bicyclic) bond motifs is 2. The van der Waals surface area contributed by atoms with E-state index in [1.807, 2.05) is 55.2 Å². The lowest BCUT2D eigenvalue weighted by Gasteiger charge is -2.11. The van der Waals surface area contributed by atoms with Crippen LogP contribution in [-0.4, -0.2) is 26.3 Å². The fourth-order valence-electron chi connectivity index (χ4n) is 3.14. The second-order valence-corrected chi connectivity index (χ2v) is 5.91. The van der Waals surface area contributed by atoms with Gasteiger partial charge in [-0.1, -0.05) is 24.3 Å². The lowest BCUT2D eigenvalue weighted by Crippen LogP contribution is -2.07. The standard InChI is InChI=1S/C19H19N5.ClH/c1-13-17-18(21-12-10-14-7-5-6-11-20-14)15-8-3-4-9-16(15)22-19(17)24(2)23-13;/h3-9,11H,10,12H2,1-2H3,(H,21,22);1H. The molecule has 3 heterocycles. The van der Waals surface area contributed by atoms with E-state index in [0.29, 0.717) is 0 Å². The highest BCUT2D eigenvalue weighted by molar-refractivity contribution is 6.07. The van der Waals surface area contributed by atoms with Crippen LogP contribution in [0, 0.1) is 6.92 Å². The number of benzene rings is 1. The molecule has 0 saturated heterocycles. The first-order valence-electron chi connectivity index (χ1n) is 8.10. The molecule has 0 bridgehead atoms. The Morgan fingerprint density at radius 3 is 2.68 bits per heavy atom. The fraction of sp³-hybridized carbons (Fsp3) is 0.211. The average Bonchev–Trinajstić information content (AvgIpc) is 2.89. The van der Waals surface area contributed by atoms with E-state index >= 15 is 0 Å². The van der Waals surface area contributed by atoms with Crippen molar-refractivity contribution >= 4 is 40.0 Å². The molecule has 0 atom stereocenters. The van der Waals surface area contributed by atoms with Crippen LogP contribution in [-0.2, 0) is 13.5 Å². The Bertz CT molecular complexity index is 1010. The number of aromatic nitrogens is 4. The summed E-state index contributed by atoms with van der Waals surface area (Å²) >= 11 is 0. The van der Waals surface area contributed by atoms with Gasteiger partial charge in [0.05, 0.1) is 22.3 Å². The fourth-order valence-corrected chi connectivity index (χ4v) is 3.14. The van der Waals surface area contributed by atoms with Crippen LogP contribution >= 0.6 is 12.4 Å². The summed E-state index contributed by atoms with van der Waals surface area (Å²) in [4.78, 5) is 9.16. The summed E-state index contributed by atoms with van der Waals surface area (Å²) < 4.78 is 1.85. The van der Waals surface area contributed by atoms with Gasteiger partial charge in [0, 0.05) is 37.3 Å². The van der Waals surface area contributed by atoms with Crippen LogP contribution in [0.4, 0.5) is 5.69 Å². The first-order chi connectivity index (χ1) is 11.7. The molecule has 0 amide bonds. The lowest BCUT2D eigenvalue weighted by molar-refractivity contribution is 0.775. The molecule has 3 aromatic heterocycles. The summed E-state index contributed by atoms with van der Waals surface area (Å²) in [6.45, 7) is 2.84. The smallest absolute Gasteiger partial charge is 0.160 e. The Kier molecular flexibility index (Phi) is 4.86. The van der Waals surface area contributed by atoms with Crippen molar-refractivity contribution in [1.82, 2.24) is 19.7 Å². The highest BCUT2D eigenvalue weighted by Crippen LogP contribution is 2.32. The Morgan fingerprint density at radius 1 is 1.08 bits per heavy atom. The lowest BCUT2D eigenvalue weighted by atomic mass is 10.1. The zero-order chi connectivity index (χ0) is 16.5. The van der Waals surface area contributed by atoms with Crippen molar-refractivity contribution in [3.8, 4) is 0 Å². The predicted octanol–water partition coefficient (Wildman–Crippen LogP) is 3.90. The van der Waals surface area contributed by atoms with E-state index in [1.54, 1.807) is 0 Å². The molecular formula is C19H20ClN5. The monoisotopic (exact) mass is 353 g/mol. The third-order valence-electron chi connectivity index (χ3n) is 4.25. The minimum absolute atomic E-state index is 0. The molecular weight excluding hydrogens is 334 g/mol. The van der Waals surface area contributed by atoms with Gasteiger partial charge in [0.15, 0.2) is 5.65 Å². The van der Waals surface area contributed by atoms with Gasteiger partial charge in [0.1, 0.15) is 0 Å².